The molecule has 0 amide bonds. The van der Waals surface area contributed by atoms with Gasteiger partial charge in [-0.2, -0.15) is 0 Å². The van der Waals surface area contributed by atoms with Crippen molar-refractivity contribution in [2.24, 2.45) is 0 Å². The van der Waals surface area contributed by atoms with E-state index >= 15 is 0 Å². The number of carbonyl (C=O) groups is 2. The fourth-order valence-electron chi connectivity index (χ4n) is 2.64. The van der Waals surface area contributed by atoms with E-state index in [1.807, 2.05) is 0 Å². The normalized spacial score (nSPS) is 31.4. The molecule has 6 heteroatoms. The third-order valence-corrected chi connectivity index (χ3v) is 3.50. The molecule has 2 aliphatic heterocycles. The summed E-state index contributed by atoms with van der Waals surface area (Å²) >= 11 is 0. The van der Waals surface area contributed by atoms with Gasteiger partial charge in [-0.1, -0.05) is 0 Å². The molecule has 2 rings (SSSR count). The van der Waals surface area contributed by atoms with Crippen molar-refractivity contribution in [1.82, 2.24) is 4.90 Å². The number of rotatable bonds is 4. The van der Waals surface area contributed by atoms with E-state index in [-0.39, 0.29) is 37.0 Å². The summed E-state index contributed by atoms with van der Waals surface area (Å²) in [6, 6.07) is 0. The molecular weight excluding hydrogens is 250 g/mol. The maximum atomic E-state index is 11.1. The predicted octanol–water partition coefficient (Wildman–Crippen LogP) is 0.692. The van der Waals surface area contributed by atoms with Crippen LogP contribution in [0.2, 0.25) is 0 Å². The zero-order valence-electron chi connectivity index (χ0n) is 11.5. The lowest BCUT2D eigenvalue weighted by atomic mass is 10.2. The molecule has 3 unspecified atom stereocenters. The van der Waals surface area contributed by atoms with Crippen LogP contribution in [0.1, 0.15) is 33.1 Å². The van der Waals surface area contributed by atoms with Gasteiger partial charge in [0.25, 0.3) is 0 Å². The summed E-state index contributed by atoms with van der Waals surface area (Å²) in [7, 11) is 0. The summed E-state index contributed by atoms with van der Waals surface area (Å²) in [6.45, 7) is 4.90. The number of nitrogens with zero attached hydrogens (tertiary/aromatic N) is 1. The molecule has 2 fully saturated rings. The highest BCUT2D eigenvalue weighted by Crippen LogP contribution is 2.28. The van der Waals surface area contributed by atoms with E-state index in [9.17, 15) is 9.59 Å². The Morgan fingerprint density at radius 3 is 2.47 bits per heavy atom. The Morgan fingerprint density at radius 1 is 1.21 bits per heavy atom. The largest absolute Gasteiger partial charge is 0.463 e. The van der Waals surface area contributed by atoms with Crippen molar-refractivity contribution in [3.05, 3.63) is 0 Å². The molecule has 0 radical (unpaired) electrons. The topological polar surface area (TPSA) is 65.1 Å². The zero-order chi connectivity index (χ0) is 13.8. The lowest BCUT2D eigenvalue weighted by molar-refractivity contribution is -0.156. The fourth-order valence-corrected chi connectivity index (χ4v) is 2.64. The van der Waals surface area contributed by atoms with Gasteiger partial charge < -0.3 is 14.2 Å². The Morgan fingerprint density at radius 2 is 1.89 bits per heavy atom. The van der Waals surface area contributed by atoms with Crippen molar-refractivity contribution in [2.75, 3.05) is 19.7 Å². The number of ether oxygens (including phenoxy) is 3. The van der Waals surface area contributed by atoms with E-state index < -0.39 is 0 Å². The van der Waals surface area contributed by atoms with Gasteiger partial charge in [-0.05, 0) is 12.8 Å². The second-order valence-electron chi connectivity index (χ2n) is 5.06. The van der Waals surface area contributed by atoms with Gasteiger partial charge in [-0.25, -0.2) is 0 Å². The first-order chi connectivity index (χ1) is 9.06. The summed E-state index contributed by atoms with van der Waals surface area (Å²) in [5.41, 5.74) is 0. The first-order valence-corrected chi connectivity index (χ1v) is 6.76. The van der Waals surface area contributed by atoms with Gasteiger partial charge in [0.1, 0.15) is 25.0 Å². The van der Waals surface area contributed by atoms with E-state index in [1.165, 1.54) is 26.7 Å². The minimum absolute atomic E-state index is 0.0348. The zero-order valence-corrected chi connectivity index (χ0v) is 11.5. The van der Waals surface area contributed by atoms with Crippen LogP contribution in [0.4, 0.5) is 0 Å². The summed E-state index contributed by atoms with van der Waals surface area (Å²) in [6.07, 6.45) is 2.26. The number of hydrogen-bond acceptors (Lipinski definition) is 6. The van der Waals surface area contributed by atoms with Crippen LogP contribution in [0, 0.1) is 0 Å². The summed E-state index contributed by atoms with van der Waals surface area (Å²) < 4.78 is 16.1. The van der Waals surface area contributed by atoms with Crippen LogP contribution < -0.4 is 0 Å². The SMILES string of the molecule is CC(=O)OCC1OC(N2CCCC2)CC1OC(C)=O. The van der Waals surface area contributed by atoms with Gasteiger partial charge in [0, 0.05) is 33.4 Å². The van der Waals surface area contributed by atoms with Crippen LogP contribution in [-0.4, -0.2) is 55.0 Å². The molecule has 0 aromatic rings. The molecule has 2 heterocycles. The number of hydrogen-bond donors (Lipinski definition) is 0. The smallest absolute Gasteiger partial charge is 0.302 e. The highest BCUT2D eigenvalue weighted by molar-refractivity contribution is 5.66. The second kappa shape index (κ2) is 6.34. The maximum absolute atomic E-state index is 11.1. The summed E-state index contributed by atoms with van der Waals surface area (Å²) in [5.74, 6) is -0.682. The molecule has 0 aliphatic carbocycles. The molecule has 3 atom stereocenters. The van der Waals surface area contributed by atoms with E-state index in [0.717, 1.165) is 13.1 Å². The number of carbonyl (C=O) groups excluding carboxylic acids is 2. The van der Waals surface area contributed by atoms with Crippen molar-refractivity contribution in [3.8, 4) is 0 Å². The Balaban J connectivity index is 1.92. The minimum Gasteiger partial charge on any atom is -0.463 e. The number of likely N-dealkylation sites (tertiary alicyclic amines) is 1. The van der Waals surface area contributed by atoms with Crippen molar-refractivity contribution < 1.29 is 23.8 Å². The van der Waals surface area contributed by atoms with Crippen LogP contribution in [0.15, 0.2) is 0 Å². The Bertz CT molecular complexity index is 340. The lowest BCUT2D eigenvalue weighted by Gasteiger charge is -2.22. The first kappa shape index (κ1) is 14.3. The maximum Gasteiger partial charge on any atom is 0.302 e. The predicted molar refractivity (Wildman–Crippen MR) is 66.3 cm³/mol. The van der Waals surface area contributed by atoms with Gasteiger partial charge in [-0.15, -0.1) is 0 Å². The summed E-state index contributed by atoms with van der Waals surface area (Å²) in [4.78, 5) is 24.2. The molecule has 2 aliphatic rings. The summed E-state index contributed by atoms with van der Waals surface area (Å²) in [5, 5.41) is 0. The third kappa shape index (κ3) is 3.91. The van der Waals surface area contributed by atoms with Gasteiger partial charge in [0.2, 0.25) is 0 Å². The van der Waals surface area contributed by atoms with Crippen LogP contribution in [-0.2, 0) is 23.8 Å². The number of esters is 2. The molecule has 0 saturated carbocycles. The molecule has 0 spiro atoms. The molecule has 0 aromatic heterocycles. The van der Waals surface area contributed by atoms with Gasteiger partial charge >= 0.3 is 11.9 Å². The third-order valence-electron chi connectivity index (χ3n) is 3.50. The highest BCUT2D eigenvalue weighted by Gasteiger charge is 2.41. The van der Waals surface area contributed by atoms with Crippen molar-refractivity contribution >= 4 is 11.9 Å². The van der Waals surface area contributed by atoms with Crippen LogP contribution in [0.5, 0.6) is 0 Å². The monoisotopic (exact) mass is 271 g/mol. The van der Waals surface area contributed by atoms with Crippen molar-refractivity contribution in [3.63, 3.8) is 0 Å². The molecular formula is C13H21NO5. The Labute approximate surface area is 113 Å². The van der Waals surface area contributed by atoms with E-state index in [2.05, 4.69) is 4.90 Å². The second-order valence-corrected chi connectivity index (χ2v) is 5.06. The van der Waals surface area contributed by atoms with Gasteiger partial charge in [0.15, 0.2) is 0 Å². The van der Waals surface area contributed by atoms with Gasteiger partial charge in [0.05, 0.1) is 0 Å². The standard InChI is InChI=1S/C13H21NO5/c1-9(15)17-8-12-11(18-10(2)16)7-13(19-12)14-5-3-4-6-14/h11-13H,3-8H2,1-2H3. The molecule has 6 nitrogen and oxygen atoms in total. The van der Waals surface area contributed by atoms with Crippen LogP contribution in [0.3, 0.4) is 0 Å². The van der Waals surface area contributed by atoms with Crippen LogP contribution in [0.25, 0.3) is 0 Å². The van der Waals surface area contributed by atoms with E-state index in [1.54, 1.807) is 0 Å². The lowest BCUT2D eigenvalue weighted by Crippen LogP contribution is -2.33. The Hall–Kier alpha value is -1.14. The van der Waals surface area contributed by atoms with Crippen molar-refractivity contribution in [2.45, 2.75) is 51.5 Å². The molecule has 0 N–H and O–H groups in total. The molecule has 2 saturated heterocycles. The first-order valence-electron chi connectivity index (χ1n) is 6.76. The molecule has 19 heavy (non-hydrogen) atoms. The average Bonchev–Trinajstić information content (AvgIpc) is 2.94. The van der Waals surface area contributed by atoms with E-state index in [0.29, 0.717) is 6.42 Å². The van der Waals surface area contributed by atoms with Crippen molar-refractivity contribution in [1.29, 1.82) is 0 Å². The molecule has 108 valence electrons. The highest BCUT2D eigenvalue weighted by atomic mass is 16.6. The fraction of sp³-hybridized carbons (Fsp3) is 0.846. The minimum atomic E-state index is -0.363. The van der Waals surface area contributed by atoms with E-state index in [4.69, 9.17) is 14.2 Å². The quantitative estimate of drug-likeness (QED) is 0.701. The average molecular weight is 271 g/mol. The van der Waals surface area contributed by atoms with Crippen LogP contribution >= 0.6 is 0 Å². The Kier molecular flexibility index (Phi) is 4.76. The molecule has 0 aromatic carbocycles. The van der Waals surface area contributed by atoms with Gasteiger partial charge in [-0.3, -0.25) is 14.5 Å². The molecule has 0 bridgehead atoms.